The number of nitrogens with one attached hydrogen (secondary N) is 2. The van der Waals surface area contributed by atoms with Crippen LogP contribution in [0.15, 0.2) is 24.3 Å². The molecule has 2 amide bonds. The summed E-state index contributed by atoms with van der Waals surface area (Å²) in [5.41, 5.74) is 0.969. The molecule has 140 valence electrons. The van der Waals surface area contributed by atoms with E-state index in [0.717, 1.165) is 23.5 Å². The Kier molecular flexibility index (Phi) is 9.42. The van der Waals surface area contributed by atoms with E-state index < -0.39 is 6.04 Å². The number of methoxy groups -OCH3 is 1. The molecule has 0 bridgehead atoms. The lowest BCUT2D eigenvalue weighted by atomic mass is 10.0. The average Bonchev–Trinajstić information content (AvgIpc) is 2.61. The first-order valence-corrected chi connectivity index (χ1v) is 9.74. The van der Waals surface area contributed by atoms with Crippen molar-refractivity contribution in [3.05, 3.63) is 29.8 Å². The third-order valence-electron chi connectivity index (χ3n) is 3.84. The monoisotopic (exact) mass is 366 g/mol. The summed E-state index contributed by atoms with van der Waals surface area (Å²) >= 11 is 1.65. The Labute approximate surface area is 155 Å². The highest BCUT2D eigenvalue weighted by Crippen LogP contribution is 2.21. The highest BCUT2D eigenvalue weighted by atomic mass is 32.2. The van der Waals surface area contributed by atoms with Crippen LogP contribution in [0.25, 0.3) is 0 Å². The van der Waals surface area contributed by atoms with Gasteiger partial charge in [-0.1, -0.05) is 32.9 Å². The van der Waals surface area contributed by atoms with Gasteiger partial charge in [0.05, 0.1) is 12.4 Å². The lowest BCUT2D eigenvalue weighted by Crippen LogP contribution is -2.50. The van der Waals surface area contributed by atoms with Crippen LogP contribution >= 0.6 is 11.8 Å². The summed E-state index contributed by atoms with van der Waals surface area (Å²) in [4.78, 5) is 24.9. The van der Waals surface area contributed by atoms with Crippen molar-refractivity contribution in [3.8, 4) is 5.75 Å². The minimum atomic E-state index is -0.589. The first kappa shape index (κ1) is 21.4. The fourth-order valence-electron chi connectivity index (χ4n) is 2.45. The van der Waals surface area contributed by atoms with E-state index in [-0.39, 0.29) is 23.0 Å². The van der Waals surface area contributed by atoms with Crippen molar-refractivity contribution in [2.24, 2.45) is 5.92 Å². The first-order chi connectivity index (χ1) is 11.9. The van der Waals surface area contributed by atoms with Gasteiger partial charge >= 0.3 is 0 Å². The summed E-state index contributed by atoms with van der Waals surface area (Å²) in [5, 5.41) is 5.42. The first-order valence-electron chi connectivity index (χ1n) is 8.69. The predicted octanol–water partition coefficient (Wildman–Crippen LogP) is 2.64. The van der Waals surface area contributed by atoms with E-state index in [1.165, 1.54) is 0 Å². The molecule has 0 aliphatic carbocycles. The van der Waals surface area contributed by atoms with Gasteiger partial charge in [-0.2, -0.15) is 0 Å². The van der Waals surface area contributed by atoms with Gasteiger partial charge in [0.15, 0.2) is 0 Å². The molecule has 1 aromatic rings. The van der Waals surface area contributed by atoms with Crippen LogP contribution in [0.5, 0.6) is 5.75 Å². The van der Waals surface area contributed by atoms with Gasteiger partial charge in [0.1, 0.15) is 11.8 Å². The Morgan fingerprint density at radius 2 is 1.80 bits per heavy atom. The number of carbonyl (C=O) groups is 2. The van der Waals surface area contributed by atoms with Crippen LogP contribution in [0.4, 0.5) is 0 Å². The largest absolute Gasteiger partial charge is 0.497 e. The number of hydrogen-bond donors (Lipinski definition) is 2. The molecule has 0 radical (unpaired) electrons. The number of ether oxygens (including phenoxy) is 1. The lowest BCUT2D eigenvalue weighted by molar-refractivity contribution is -0.128. The molecule has 0 fully saturated rings. The van der Waals surface area contributed by atoms with E-state index in [9.17, 15) is 9.59 Å². The Morgan fingerprint density at radius 1 is 1.16 bits per heavy atom. The lowest BCUT2D eigenvalue weighted by Gasteiger charge is -2.24. The van der Waals surface area contributed by atoms with Gasteiger partial charge in [-0.15, -0.1) is 11.8 Å². The van der Waals surface area contributed by atoms with Crippen LogP contribution in [0.1, 0.15) is 32.8 Å². The van der Waals surface area contributed by atoms with Crippen molar-refractivity contribution in [1.82, 2.24) is 10.6 Å². The van der Waals surface area contributed by atoms with Gasteiger partial charge in [-0.3, -0.25) is 9.59 Å². The molecule has 1 rings (SSSR count). The molecule has 0 saturated heterocycles. The molecule has 5 nitrogen and oxygen atoms in total. The van der Waals surface area contributed by atoms with Gasteiger partial charge in [0.2, 0.25) is 11.8 Å². The number of benzene rings is 1. The van der Waals surface area contributed by atoms with E-state index in [2.05, 4.69) is 17.6 Å². The quantitative estimate of drug-likeness (QED) is 0.668. The minimum absolute atomic E-state index is 0.0736. The maximum absolute atomic E-state index is 12.7. The van der Waals surface area contributed by atoms with Gasteiger partial charge < -0.3 is 15.4 Å². The summed E-state index contributed by atoms with van der Waals surface area (Å²) < 4.78 is 5.15. The van der Waals surface area contributed by atoms with E-state index in [1.54, 1.807) is 25.9 Å². The number of hydrogen-bond acceptors (Lipinski definition) is 4. The fourth-order valence-corrected chi connectivity index (χ4v) is 3.54. The number of amides is 2. The van der Waals surface area contributed by atoms with E-state index in [0.29, 0.717) is 6.42 Å². The van der Waals surface area contributed by atoms with Crippen LogP contribution in [0, 0.1) is 5.92 Å². The Balaban J connectivity index is 2.83. The molecular formula is C19H30N2O3S. The number of carbonyl (C=O) groups excluding carboxylic acids is 2. The summed E-state index contributed by atoms with van der Waals surface area (Å²) in [6, 6.07) is 6.94. The van der Waals surface area contributed by atoms with Crippen molar-refractivity contribution in [2.75, 3.05) is 19.9 Å². The molecule has 2 N–H and O–H groups in total. The molecule has 0 saturated carbocycles. The second kappa shape index (κ2) is 11.0. The average molecular weight is 367 g/mol. The second-order valence-corrected chi connectivity index (χ2v) is 7.51. The standard InChI is InChI=1S/C19H30N2O3S/c1-6-11-25-17(13(2)3)19(23)21-16(18(22)20-4)12-14-7-9-15(24-5)10-8-14/h7-10,13,16-17H,6,11-12H2,1-5H3,(H,20,22)(H,21,23). The SMILES string of the molecule is CCCSC(C(=O)NC(Cc1ccc(OC)cc1)C(=O)NC)C(C)C. The van der Waals surface area contributed by atoms with Crippen LogP contribution < -0.4 is 15.4 Å². The third-order valence-corrected chi connectivity index (χ3v) is 5.61. The highest BCUT2D eigenvalue weighted by Gasteiger charge is 2.27. The maximum Gasteiger partial charge on any atom is 0.242 e. The highest BCUT2D eigenvalue weighted by molar-refractivity contribution is 8.00. The number of rotatable bonds is 10. The van der Waals surface area contributed by atoms with Crippen LogP contribution in [-0.2, 0) is 16.0 Å². The summed E-state index contributed by atoms with van der Waals surface area (Å²) in [7, 11) is 3.20. The normalized spacial score (nSPS) is 13.2. The molecule has 0 aliphatic heterocycles. The van der Waals surface area contributed by atoms with Gasteiger partial charge in [0.25, 0.3) is 0 Å². The Hall–Kier alpha value is -1.69. The molecule has 25 heavy (non-hydrogen) atoms. The van der Waals surface area contributed by atoms with Crippen molar-refractivity contribution >= 4 is 23.6 Å². The zero-order valence-electron chi connectivity index (χ0n) is 15.8. The zero-order chi connectivity index (χ0) is 18.8. The molecule has 0 spiro atoms. The van der Waals surface area contributed by atoms with Crippen molar-refractivity contribution in [1.29, 1.82) is 0 Å². The molecule has 2 unspecified atom stereocenters. The van der Waals surface area contributed by atoms with Crippen molar-refractivity contribution < 1.29 is 14.3 Å². The van der Waals surface area contributed by atoms with E-state index in [4.69, 9.17) is 4.74 Å². The van der Waals surface area contributed by atoms with E-state index in [1.807, 2.05) is 38.1 Å². The van der Waals surface area contributed by atoms with Gasteiger partial charge in [-0.05, 0) is 35.8 Å². The molecule has 1 aromatic carbocycles. The molecule has 0 aliphatic rings. The number of likely N-dealkylation sites (N-methyl/N-ethyl adjacent to an activating group) is 1. The summed E-state index contributed by atoms with van der Waals surface area (Å²) in [6.07, 6.45) is 1.46. The van der Waals surface area contributed by atoms with Crippen LogP contribution in [0.2, 0.25) is 0 Å². The van der Waals surface area contributed by atoms with Gasteiger partial charge in [-0.25, -0.2) is 0 Å². The van der Waals surface area contributed by atoms with E-state index >= 15 is 0 Å². The topological polar surface area (TPSA) is 67.4 Å². The van der Waals surface area contributed by atoms with Crippen molar-refractivity contribution in [2.45, 2.75) is 44.9 Å². The fraction of sp³-hybridized carbons (Fsp3) is 0.579. The number of thioether (sulfide) groups is 1. The predicted molar refractivity (Wildman–Crippen MR) is 104 cm³/mol. The summed E-state index contributed by atoms with van der Waals surface area (Å²) in [5.74, 6) is 1.64. The molecular weight excluding hydrogens is 336 g/mol. The van der Waals surface area contributed by atoms with Crippen molar-refractivity contribution in [3.63, 3.8) is 0 Å². The van der Waals surface area contributed by atoms with Crippen LogP contribution in [0.3, 0.4) is 0 Å². The Morgan fingerprint density at radius 3 is 2.28 bits per heavy atom. The minimum Gasteiger partial charge on any atom is -0.497 e. The second-order valence-electron chi connectivity index (χ2n) is 6.26. The molecule has 0 aromatic heterocycles. The smallest absolute Gasteiger partial charge is 0.242 e. The zero-order valence-corrected chi connectivity index (χ0v) is 16.6. The third kappa shape index (κ3) is 6.98. The van der Waals surface area contributed by atoms with Crippen LogP contribution in [-0.4, -0.2) is 43.0 Å². The molecule has 2 atom stereocenters. The van der Waals surface area contributed by atoms with Gasteiger partial charge in [0, 0.05) is 13.5 Å². The molecule has 6 heteroatoms. The molecule has 0 heterocycles. The summed E-state index contributed by atoms with van der Waals surface area (Å²) in [6.45, 7) is 6.16. The maximum atomic E-state index is 12.7. The Bertz CT molecular complexity index is 546.